The zero-order valence-electron chi connectivity index (χ0n) is 9.40. The maximum absolute atomic E-state index is 10.9. The smallest absolute Gasteiger partial charge is 0.390 e. The van der Waals surface area contributed by atoms with E-state index >= 15 is 0 Å². The van der Waals surface area contributed by atoms with Gasteiger partial charge in [0.25, 0.3) is 0 Å². The van der Waals surface area contributed by atoms with E-state index in [-0.39, 0.29) is 11.4 Å². The van der Waals surface area contributed by atoms with E-state index in [1.165, 1.54) is 23.0 Å². The second-order valence-corrected chi connectivity index (χ2v) is 3.68. The number of carboxylic acids is 1. The zero-order valence-corrected chi connectivity index (χ0v) is 9.40. The maximum Gasteiger partial charge on any atom is 0.390 e. The van der Waals surface area contributed by atoms with Gasteiger partial charge in [-0.15, -0.1) is 4.68 Å². The third-order valence-corrected chi connectivity index (χ3v) is 2.47. The van der Waals surface area contributed by atoms with Crippen molar-refractivity contribution in [1.29, 1.82) is 0 Å². The molecule has 0 unspecified atom stereocenters. The van der Waals surface area contributed by atoms with Crippen molar-refractivity contribution in [3.05, 3.63) is 51.7 Å². The Bertz CT molecular complexity index is 633. The van der Waals surface area contributed by atoms with Crippen molar-refractivity contribution < 1.29 is 14.8 Å². The van der Waals surface area contributed by atoms with Crippen LogP contribution in [0.25, 0.3) is 5.69 Å². The Balaban J connectivity index is 2.42. The van der Waals surface area contributed by atoms with Crippen molar-refractivity contribution in [3.8, 4) is 5.69 Å². The Morgan fingerprint density at radius 1 is 1.44 bits per heavy atom. The Morgan fingerprint density at radius 3 is 2.67 bits per heavy atom. The predicted molar refractivity (Wildman–Crippen MR) is 61.9 cm³/mol. The van der Waals surface area contributed by atoms with Crippen LogP contribution in [-0.4, -0.2) is 25.8 Å². The number of hydrogen-bond donors (Lipinski definition) is 1. The lowest BCUT2D eigenvalue weighted by Crippen LogP contribution is -2.02. The molecule has 0 bridgehead atoms. The molecule has 1 aromatic heterocycles. The number of nitrogens with zero attached hydrogens (tertiary/aromatic N) is 3. The van der Waals surface area contributed by atoms with Crippen LogP contribution in [0.2, 0.25) is 0 Å². The van der Waals surface area contributed by atoms with Gasteiger partial charge >= 0.3 is 11.8 Å². The van der Waals surface area contributed by atoms with Crippen molar-refractivity contribution in [2.45, 2.75) is 6.92 Å². The summed E-state index contributed by atoms with van der Waals surface area (Å²) in [4.78, 5) is 20.8. The minimum absolute atomic E-state index is 0.195. The third kappa shape index (κ3) is 2.05. The van der Waals surface area contributed by atoms with Crippen LogP contribution in [0.3, 0.4) is 0 Å². The van der Waals surface area contributed by atoms with Crippen LogP contribution in [0.15, 0.2) is 30.5 Å². The van der Waals surface area contributed by atoms with Gasteiger partial charge in [-0.3, -0.25) is 0 Å². The number of aromatic carboxylic acids is 1. The van der Waals surface area contributed by atoms with Crippen LogP contribution < -0.4 is 0 Å². The van der Waals surface area contributed by atoms with E-state index < -0.39 is 10.9 Å². The summed E-state index contributed by atoms with van der Waals surface area (Å²) in [6.45, 7) is 1.66. The number of aryl methyl sites for hydroxylation is 1. The molecule has 0 aliphatic rings. The highest BCUT2D eigenvalue weighted by molar-refractivity contribution is 5.89. The van der Waals surface area contributed by atoms with Crippen LogP contribution in [0.4, 0.5) is 5.82 Å². The summed E-state index contributed by atoms with van der Waals surface area (Å²) in [5, 5.41) is 23.2. The largest absolute Gasteiger partial charge is 0.478 e. The summed E-state index contributed by atoms with van der Waals surface area (Å²) < 4.78 is 1.33. The first-order valence-electron chi connectivity index (χ1n) is 5.03. The van der Waals surface area contributed by atoms with Crippen molar-refractivity contribution in [3.63, 3.8) is 0 Å². The van der Waals surface area contributed by atoms with E-state index in [2.05, 4.69) is 5.10 Å². The van der Waals surface area contributed by atoms with Gasteiger partial charge in [0.2, 0.25) is 0 Å². The van der Waals surface area contributed by atoms with Gasteiger partial charge in [-0.1, -0.05) is 0 Å². The van der Waals surface area contributed by atoms with Crippen molar-refractivity contribution in [1.82, 2.24) is 9.78 Å². The minimum atomic E-state index is -1.01. The van der Waals surface area contributed by atoms with Crippen LogP contribution in [-0.2, 0) is 0 Å². The SMILES string of the molecule is Cc1cc(-n2ccc([N+](=O)[O-])n2)ccc1C(=O)O. The fourth-order valence-corrected chi connectivity index (χ4v) is 1.59. The van der Waals surface area contributed by atoms with Gasteiger partial charge in [-0.2, -0.15) is 0 Å². The quantitative estimate of drug-likeness (QED) is 0.658. The van der Waals surface area contributed by atoms with E-state index in [1.807, 2.05) is 0 Å². The monoisotopic (exact) mass is 247 g/mol. The molecular formula is C11H9N3O4. The van der Waals surface area contributed by atoms with Crippen LogP contribution in [0.5, 0.6) is 0 Å². The molecule has 2 rings (SSSR count). The van der Waals surface area contributed by atoms with E-state index in [0.717, 1.165) is 0 Å². The minimum Gasteiger partial charge on any atom is -0.478 e. The van der Waals surface area contributed by atoms with Crippen molar-refractivity contribution in [2.24, 2.45) is 0 Å². The summed E-state index contributed by atoms with van der Waals surface area (Å²) in [6.07, 6.45) is 1.45. The molecule has 7 nitrogen and oxygen atoms in total. The fraction of sp³-hybridized carbons (Fsp3) is 0.0909. The molecule has 1 N–H and O–H groups in total. The number of carboxylic acid groups (broad SMARTS) is 1. The van der Waals surface area contributed by atoms with Gasteiger partial charge in [0.15, 0.2) is 0 Å². The van der Waals surface area contributed by atoms with Gasteiger partial charge in [0, 0.05) is 0 Å². The van der Waals surface area contributed by atoms with Crippen molar-refractivity contribution in [2.75, 3.05) is 0 Å². The summed E-state index contributed by atoms with van der Waals surface area (Å²) in [7, 11) is 0. The predicted octanol–water partition coefficient (Wildman–Crippen LogP) is 1.79. The lowest BCUT2D eigenvalue weighted by Gasteiger charge is -2.02. The third-order valence-electron chi connectivity index (χ3n) is 2.47. The molecule has 0 atom stereocenters. The highest BCUT2D eigenvalue weighted by Crippen LogP contribution is 2.16. The number of rotatable bonds is 3. The van der Waals surface area contributed by atoms with Crippen LogP contribution in [0.1, 0.15) is 15.9 Å². The molecule has 0 saturated heterocycles. The molecule has 0 amide bonds. The number of nitro groups is 1. The Hall–Kier alpha value is -2.70. The number of aromatic nitrogens is 2. The van der Waals surface area contributed by atoms with E-state index in [0.29, 0.717) is 11.3 Å². The summed E-state index contributed by atoms with van der Waals surface area (Å²) >= 11 is 0. The molecule has 0 saturated carbocycles. The lowest BCUT2D eigenvalue weighted by molar-refractivity contribution is -0.389. The first kappa shape index (κ1) is 11.8. The van der Waals surface area contributed by atoms with Gasteiger partial charge in [-0.05, 0) is 35.6 Å². The standard InChI is InChI=1S/C11H9N3O4/c1-7-6-8(2-3-9(7)11(15)16)13-5-4-10(12-13)14(17)18/h2-6H,1H3,(H,15,16). The number of hydrogen-bond acceptors (Lipinski definition) is 4. The van der Waals surface area contributed by atoms with E-state index in [1.54, 1.807) is 19.1 Å². The first-order chi connectivity index (χ1) is 8.49. The molecule has 0 fully saturated rings. The van der Waals surface area contributed by atoms with E-state index in [9.17, 15) is 14.9 Å². The normalized spacial score (nSPS) is 10.3. The highest BCUT2D eigenvalue weighted by Gasteiger charge is 2.14. The molecular weight excluding hydrogens is 238 g/mol. The lowest BCUT2D eigenvalue weighted by atomic mass is 10.1. The molecule has 1 heterocycles. The number of carbonyl (C=O) groups is 1. The van der Waals surface area contributed by atoms with E-state index in [4.69, 9.17) is 5.11 Å². The Morgan fingerprint density at radius 2 is 2.17 bits per heavy atom. The Labute approximate surface area is 101 Å². The molecule has 0 spiro atoms. The van der Waals surface area contributed by atoms with Gasteiger partial charge in [0.05, 0.1) is 28.6 Å². The maximum atomic E-state index is 10.9. The highest BCUT2D eigenvalue weighted by atomic mass is 16.6. The summed E-state index contributed by atoms with van der Waals surface area (Å²) in [5.74, 6) is -1.26. The molecule has 2 aromatic rings. The second kappa shape index (κ2) is 4.28. The second-order valence-electron chi connectivity index (χ2n) is 3.68. The molecule has 0 aliphatic heterocycles. The fourth-order valence-electron chi connectivity index (χ4n) is 1.59. The molecule has 18 heavy (non-hydrogen) atoms. The topological polar surface area (TPSA) is 98.3 Å². The molecule has 92 valence electrons. The molecule has 0 aliphatic carbocycles. The summed E-state index contributed by atoms with van der Waals surface area (Å²) in [6, 6.07) is 5.88. The Kier molecular flexibility index (Phi) is 2.80. The molecule has 1 aromatic carbocycles. The molecule has 7 heteroatoms. The summed E-state index contributed by atoms with van der Waals surface area (Å²) in [5.41, 5.74) is 1.34. The first-order valence-corrected chi connectivity index (χ1v) is 5.03. The van der Waals surface area contributed by atoms with Crippen molar-refractivity contribution >= 4 is 11.8 Å². The van der Waals surface area contributed by atoms with Gasteiger partial charge in [0.1, 0.15) is 0 Å². The van der Waals surface area contributed by atoms with Gasteiger partial charge < -0.3 is 15.2 Å². The number of benzene rings is 1. The van der Waals surface area contributed by atoms with Crippen LogP contribution >= 0.6 is 0 Å². The molecule has 0 radical (unpaired) electrons. The van der Waals surface area contributed by atoms with Gasteiger partial charge in [-0.25, -0.2) is 4.79 Å². The van der Waals surface area contributed by atoms with Crippen LogP contribution in [0, 0.1) is 17.0 Å². The average molecular weight is 247 g/mol. The average Bonchev–Trinajstić information content (AvgIpc) is 2.77. The zero-order chi connectivity index (χ0) is 13.3.